The minimum atomic E-state index is -0.902. The van der Waals surface area contributed by atoms with Crippen molar-refractivity contribution in [2.24, 2.45) is 17.8 Å². The molecule has 0 unspecified atom stereocenters. The summed E-state index contributed by atoms with van der Waals surface area (Å²) in [6.45, 7) is 4.58. The van der Waals surface area contributed by atoms with Crippen LogP contribution in [0.5, 0.6) is 5.75 Å². The number of benzene rings is 1. The first-order valence-electron chi connectivity index (χ1n) is 12.2. The number of allylic oxidation sites excluding steroid dienone is 2. The third-order valence-corrected chi connectivity index (χ3v) is 7.40. The summed E-state index contributed by atoms with van der Waals surface area (Å²) in [5.41, 5.74) is 4.37. The van der Waals surface area contributed by atoms with E-state index in [1.165, 1.54) is 18.3 Å². The molecule has 1 N–H and O–H groups in total. The second kappa shape index (κ2) is 10.1. The van der Waals surface area contributed by atoms with E-state index in [0.29, 0.717) is 17.9 Å². The number of methoxy groups -OCH3 is 1. The molecule has 0 radical (unpaired) electrons. The molecule has 2 heterocycles. The van der Waals surface area contributed by atoms with E-state index in [1.54, 1.807) is 12.1 Å². The van der Waals surface area contributed by atoms with Crippen LogP contribution in [0.2, 0.25) is 0 Å². The van der Waals surface area contributed by atoms with E-state index in [4.69, 9.17) is 9.47 Å². The maximum Gasteiger partial charge on any atom is 0.423 e. The molecule has 0 bridgehead atoms. The highest BCUT2D eigenvalue weighted by Gasteiger charge is 2.58. The highest BCUT2D eigenvalue weighted by Crippen LogP contribution is 2.50. The Morgan fingerprint density at radius 3 is 2.65 bits per heavy atom. The maximum atomic E-state index is 13.1. The summed E-state index contributed by atoms with van der Waals surface area (Å²) < 4.78 is 10.9. The number of hydrogen-bond acceptors (Lipinski definition) is 6. The van der Waals surface area contributed by atoms with Gasteiger partial charge in [-0.25, -0.2) is 4.79 Å². The first-order chi connectivity index (χ1) is 16.4. The fraction of sp³-hybridized carbons (Fsp3) is 0.519. The minimum absolute atomic E-state index is 0.109. The van der Waals surface area contributed by atoms with Crippen molar-refractivity contribution in [2.75, 3.05) is 13.7 Å². The normalized spacial score (nSPS) is 26.7. The summed E-state index contributed by atoms with van der Waals surface area (Å²) in [6.07, 6.45) is 5.74. The first-order valence-corrected chi connectivity index (χ1v) is 12.2. The van der Waals surface area contributed by atoms with Gasteiger partial charge in [0, 0.05) is 11.5 Å². The Morgan fingerprint density at radius 2 is 1.97 bits per heavy atom. The molecule has 34 heavy (non-hydrogen) atoms. The quantitative estimate of drug-likeness (QED) is 0.455. The number of carbonyl (C=O) groups excluding carboxylic acids is 3. The average molecular weight is 468 g/mol. The van der Waals surface area contributed by atoms with Crippen LogP contribution in [0.25, 0.3) is 6.08 Å². The van der Waals surface area contributed by atoms with Crippen molar-refractivity contribution in [3.63, 3.8) is 0 Å². The van der Waals surface area contributed by atoms with Crippen LogP contribution >= 0.6 is 0 Å². The number of para-hydroxylation sites is 1. The van der Waals surface area contributed by atoms with Crippen LogP contribution in [0.3, 0.4) is 0 Å². The van der Waals surface area contributed by atoms with Crippen molar-refractivity contribution in [1.82, 2.24) is 4.90 Å². The Morgan fingerprint density at radius 1 is 1.21 bits per heavy atom. The second-order valence-corrected chi connectivity index (χ2v) is 9.31. The van der Waals surface area contributed by atoms with E-state index < -0.39 is 29.7 Å². The molecule has 4 atom stereocenters. The van der Waals surface area contributed by atoms with Gasteiger partial charge in [0.1, 0.15) is 5.75 Å². The monoisotopic (exact) mass is 467 g/mol. The SMILES string of the molecule is CCCC1=C2[C@@H](CC/C(=C/c3ccccc3O)CC)OC[C@@H]2[C@@H]2C(=O)N(C(=O)OC)C(=O)[C@@H]2C1. The van der Waals surface area contributed by atoms with Crippen LogP contribution in [0.15, 0.2) is 41.0 Å². The van der Waals surface area contributed by atoms with Gasteiger partial charge < -0.3 is 14.6 Å². The number of hydrogen-bond donors (Lipinski definition) is 1. The molecular weight excluding hydrogens is 434 g/mol. The largest absolute Gasteiger partial charge is 0.507 e. The average Bonchev–Trinajstić information content (AvgIpc) is 3.36. The zero-order valence-electron chi connectivity index (χ0n) is 20.1. The number of amides is 3. The predicted molar refractivity (Wildman–Crippen MR) is 127 cm³/mol. The van der Waals surface area contributed by atoms with Crippen LogP contribution in [0.1, 0.15) is 57.9 Å². The molecule has 2 saturated heterocycles. The predicted octanol–water partition coefficient (Wildman–Crippen LogP) is 4.85. The lowest BCUT2D eigenvalue weighted by atomic mass is 9.68. The zero-order valence-corrected chi connectivity index (χ0v) is 20.1. The molecule has 182 valence electrons. The maximum absolute atomic E-state index is 13.1. The number of rotatable bonds is 7. The van der Waals surface area contributed by atoms with Crippen molar-refractivity contribution in [3.8, 4) is 5.75 Å². The molecule has 3 aliphatic rings. The van der Waals surface area contributed by atoms with E-state index in [0.717, 1.165) is 43.2 Å². The lowest BCUT2D eigenvalue weighted by molar-refractivity contribution is -0.137. The van der Waals surface area contributed by atoms with Crippen LogP contribution < -0.4 is 0 Å². The number of ether oxygens (including phenoxy) is 2. The smallest absolute Gasteiger partial charge is 0.423 e. The fourth-order valence-electron chi connectivity index (χ4n) is 5.78. The van der Waals surface area contributed by atoms with Crippen LogP contribution in [0, 0.1) is 17.8 Å². The zero-order chi connectivity index (χ0) is 24.4. The molecule has 1 aromatic carbocycles. The number of carbonyl (C=O) groups is 3. The van der Waals surface area contributed by atoms with E-state index in [-0.39, 0.29) is 17.8 Å². The lowest BCUT2D eigenvalue weighted by Crippen LogP contribution is -2.38. The van der Waals surface area contributed by atoms with E-state index in [2.05, 4.69) is 13.8 Å². The van der Waals surface area contributed by atoms with E-state index >= 15 is 0 Å². The molecular formula is C27H33NO6. The lowest BCUT2D eigenvalue weighted by Gasteiger charge is -2.31. The number of phenols is 1. The van der Waals surface area contributed by atoms with Crippen molar-refractivity contribution < 1.29 is 29.0 Å². The second-order valence-electron chi connectivity index (χ2n) is 9.31. The van der Waals surface area contributed by atoms with Crippen LogP contribution in [-0.4, -0.2) is 47.7 Å². The van der Waals surface area contributed by atoms with Crippen molar-refractivity contribution in [2.45, 2.75) is 58.5 Å². The Balaban J connectivity index is 1.57. The Bertz CT molecular complexity index is 1040. The van der Waals surface area contributed by atoms with Gasteiger partial charge in [0.15, 0.2) is 0 Å². The molecule has 7 heteroatoms. The third-order valence-electron chi connectivity index (χ3n) is 7.40. The summed E-state index contributed by atoms with van der Waals surface area (Å²) in [6, 6.07) is 7.29. The van der Waals surface area contributed by atoms with Crippen molar-refractivity contribution in [1.29, 1.82) is 0 Å². The molecule has 1 aliphatic carbocycles. The van der Waals surface area contributed by atoms with E-state index in [9.17, 15) is 19.5 Å². The summed E-state index contributed by atoms with van der Waals surface area (Å²) >= 11 is 0. The molecule has 2 aliphatic heterocycles. The van der Waals surface area contributed by atoms with Crippen LogP contribution in [0.4, 0.5) is 4.79 Å². The van der Waals surface area contributed by atoms with Gasteiger partial charge in [-0.05, 0) is 43.7 Å². The van der Waals surface area contributed by atoms with Crippen molar-refractivity contribution in [3.05, 3.63) is 46.5 Å². The number of likely N-dealkylation sites (tertiary alicyclic amines) is 1. The van der Waals surface area contributed by atoms with Gasteiger partial charge in [0.2, 0.25) is 11.8 Å². The van der Waals surface area contributed by atoms with Gasteiger partial charge in [0.05, 0.1) is 31.7 Å². The third kappa shape index (κ3) is 4.29. The summed E-state index contributed by atoms with van der Waals surface area (Å²) in [4.78, 5) is 38.9. The molecule has 1 aromatic rings. The molecule has 0 spiro atoms. The molecule has 3 amide bonds. The Hall–Kier alpha value is -2.93. The van der Waals surface area contributed by atoms with Gasteiger partial charge in [-0.15, -0.1) is 0 Å². The summed E-state index contributed by atoms with van der Waals surface area (Å²) in [5, 5.41) is 10.1. The number of fused-ring (bicyclic) bond motifs is 3. The van der Waals surface area contributed by atoms with Gasteiger partial charge in [-0.1, -0.05) is 55.7 Å². The highest BCUT2D eigenvalue weighted by atomic mass is 16.5. The summed E-state index contributed by atoms with van der Waals surface area (Å²) in [7, 11) is 1.18. The number of nitrogens with zero attached hydrogens (tertiary/aromatic N) is 1. The standard InChI is InChI=1S/C27H33NO6/c1-4-8-18-14-19-24(26(31)28(25(19)30)27(32)33-3)20-15-34-22(23(18)20)12-11-16(5-2)13-17-9-6-7-10-21(17)29/h6-7,9-10,13,19-20,22,24,29H,4-5,8,11-12,14-15H2,1-3H3/b16-13+/t19-,20+,22-,24-/m1/s1. The van der Waals surface area contributed by atoms with Crippen molar-refractivity contribution >= 4 is 24.0 Å². The Kier molecular flexibility index (Phi) is 7.22. The number of imide groups is 3. The summed E-state index contributed by atoms with van der Waals surface area (Å²) in [5.74, 6) is -1.90. The molecule has 4 rings (SSSR count). The van der Waals surface area contributed by atoms with Crippen LogP contribution in [-0.2, 0) is 19.1 Å². The first kappa shape index (κ1) is 24.2. The molecule has 7 nitrogen and oxygen atoms in total. The number of aromatic hydroxyl groups is 1. The van der Waals surface area contributed by atoms with Gasteiger partial charge >= 0.3 is 6.09 Å². The fourth-order valence-corrected chi connectivity index (χ4v) is 5.78. The van der Waals surface area contributed by atoms with Gasteiger partial charge in [-0.3, -0.25) is 9.59 Å². The molecule has 0 saturated carbocycles. The van der Waals surface area contributed by atoms with Gasteiger partial charge in [0.25, 0.3) is 0 Å². The topological polar surface area (TPSA) is 93.1 Å². The molecule has 0 aromatic heterocycles. The number of phenolic OH excluding ortho intramolecular Hbond substituents is 1. The molecule has 2 fully saturated rings. The minimum Gasteiger partial charge on any atom is -0.507 e. The highest BCUT2D eigenvalue weighted by molar-refractivity contribution is 6.16. The Labute approximate surface area is 200 Å². The van der Waals surface area contributed by atoms with E-state index in [1.807, 2.05) is 18.2 Å². The van der Waals surface area contributed by atoms with Gasteiger partial charge in [-0.2, -0.15) is 4.90 Å².